The highest BCUT2D eigenvalue weighted by atomic mass is 19.1. The molecule has 0 atom stereocenters. The lowest BCUT2D eigenvalue weighted by molar-refractivity contribution is 0.630. The average molecular weight is 284 g/mol. The lowest BCUT2D eigenvalue weighted by Crippen LogP contribution is -1.98. The van der Waals surface area contributed by atoms with Crippen molar-refractivity contribution in [3.63, 3.8) is 0 Å². The van der Waals surface area contributed by atoms with Crippen molar-refractivity contribution in [1.29, 1.82) is 0 Å². The van der Waals surface area contributed by atoms with Gasteiger partial charge in [-0.2, -0.15) is 4.98 Å². The topological polar surface area (TPSA) is 92.5 Å². The van der Waals surface area contributed by atoms with Crippen LogP contribution in [0.5, 0.6) is 0 Å². The minimum atomic E-state index is -0.332. The second-order valence-corrected chi connectivity index (χ2v) is 4.57. The van der Waals surface area contributed by atoms with Crippen molar-refractivity contribution in [2.24, 2.45) is 0 Å². The number of hydrogen-bond acceptors (Lipinski definition) is 5. The fourth-order valence-electron chi connectivity index (χ4n) is 1.96. The van der Waals surface area contributed by atoms with Crippen LogP contribution in [0.4, 0.5) is 21.7 Å². The van der Waals surface area contributed by atoms with E-state index in [1.54, 1.807) is 24.5 Å². The van der Waals surface area contributed by atoms with Crippen molar-refractivity contribution in [2.45, 2.75) is 6.92 Å². The molecule has 0 amide bonds. The van der Waals surface area contributed by atoms with Crippen LogP contribution >= 0.6 is 0 Å². The van der Waals surface area contributed by atoms with Crippen molar-refractivity contribution in [3.8, 4) is 11.4 Å². The van der Waals surface area contributed by atoms with E-state index in [1.807, 2.05) is 13.0 Å². The first-order valence-corrected chi connectivity index (χ1v) is 6.29. The number of rotatable bonds is 3. The summed E-state index contributed by atoms with van der Waals surface area (Å²) < 4.78 is 13.9. The molecule has 2 heterocycles. The molecule has 0 radical (unpaired) electrons. The van der Waals surface area contributed by atoms with Gasteiger partial charge < -0.3 is 11.1 Å². The van der Waals surface area contributed by atoms with Crippen molar-refractivity contribution < 1.29 is 4.39 Å². The number of nitrogens with two attached hydrogens (primary N) is 1. The van der Waals surface area contributed by atoms with Gasteiger partial charge in [0.15, 0.2) is 5.82 Å². The highest BCUT2D eigenvalue weighted by Gasteiger charge is 2.11. The zero-order valence-corrected chi connectivity index (χ0v) is 11.3. The van der Waals surface area contributed by atoms with Gasteiger partial charge in [0.25, 0.3) is 0 Å². The predicted molar refractivity (Wildman–Crippen MR) is 78.4 cm³/mol. The minimum Gasteiger partial charge on any atom is -0.366 e. The smallest absolute Gasteiger partial charge is 0.239 e. The second kappa shape index (κ2) is 5.20. The van der Waals surface area contributed by atoms with Gasteiger partial charge in [-0.3, -0.25) is 10.1 Å². The third-order valence-corrected chi connectivity index (χ3v) is 2.97. The Morgan fingerprint density at radius 2 is 2.10 bits per heavy atom. The van der Waals surface area contributed by atoms with Crippen LogP contribution in [0.3, 0.4) is 0 Å². The van der Waals surface area contributed by atoms with Gasteiger partial charge in [0.1, 0.15) is 5.82 Å². The van der Waals surface area contributed by atoms with Gasteiger partial charge in [-0.25, -0.2) is 4.39 Å². The fourth-order valence-corrected chi connectivity index (χ4v) is 1.96. The van der Waals surface area contributed by atoms with E-state index < -0.39 is 0 Å². The molecular weight excluding hydrogens is 271 g/mol. The van der Waals surface area contributed by atoms with Gasteiger partial charge in [0.05, 0.1) is 17.6 Å². The SMILES string of the molecule is Cc1ccc(Nc2cnccc2-c2nc(N)n[nH]2)c(F)c1. The van der Waals surface area contributed by atoms with Crippen LogP contribution in [-0.4, -0.2) is 20.2 Å². The number of aromatic amines is 1. The first-order chi connectivity index (χ1) is 10.1. The predicted octanol–water partition coefficient (Wildman–Crippen LogP) is 2.64. The number of nitrogens with zero attached hydrogens (tertiary/aromatic N) is 3. The summed E-state index contributed by atoms with van der Waals surface area (Å²) in [6.45, 7) is 1.83. The van der Waals surface area contributed by atoms with Crippen LogP contribution in [0.15, 0.2) is 36.7 Å². The summed E-state index contributed by atoms with van der Waals surface area (Å²) in [5.41, 5.74) is 8.04. The van der Waals surface area contributed by atoms with E-state index in [1.165, 1.54) is 6.07 Å². The monoisotopic (exact) mass is 284 g/mol. The van der Waals surface area contributed by atoms with Gasteiger partial charge >= 0.3 is 0 Å². The van der Waals surface area contributed by atoms with E-state index >= 15 is 0 Å². The van der Waals surface area contributed by atoms with E-state index in [-0.39, 0.29) is 11.8 Å². The number of pyridine rings is 1. The fraction of sp³-hybridized carbons (Fsp3) is 0.0714. The molecule has 7 heteroatoms. The van der Waals surface area contributed by atoms with E-state index in [2.05, 4.69) is 25.5 Å². The normalized spacial score (nSPS) is 10.6. The number of aromatic nitrogens is 4. The Labute approximate surface area is 120 Å². The zero-order chi connectivity index (χ0) is 14.8. The van der Waals surface area contributed by atoms with Gasteiger partial charge in [0.2, 0.25) is 5.95 Å². The molecule has 0 fully saturated rings. The van der Waals surface area contributed by atoms with Crippen molar-refractivity contribution in [3.05, 3.63) is 48.0 Å². The van der Waals surface area contributed by atoms with Crippen molar-refractivity contribution >= 4 is 17.3 Å². The standard InChI is InChI=1S/C14H13FN6/c1-8-2-3-11(10(15)6-8)18-12-7-17-5-4-9(12)13-19-14(16)21-20-13/h2-7,18H,1H3,(H3,16,19,20,21). The maximum absolute atomic E-state index is 13.9. The Balaban J connectivity index is 1.99. The van der Waals surface area contributed by atoms with Crippen LogP contribution in [0.1, 0.15) is 5.56 Å². The Morgan fingerprint density at radius 3 is 2.81 bits per heavy atom. The number of nitrogen functional groups attached to an aromatic ring is 1. The Hall–Kier alpha value is -2.96. The number of aryl methyl sites for hydroxylation is 1. The third kappa shape index (κ3) is 2.66. The number of nitrogens with one attached hydrogen (secondary N) is 2. The highest BCUT2D eigenvalue weighted by molar-refractivity contribution is 5.77. The average Bonchev–Trinajstić information content (AvgIpc) is 2.89. The first kappa shape index (κ1) is 13.0. The molecule has 0 spiro atoms. The van der Waals surface area contributed by atoms with E-state index in [4.69, 9.17) is 5.73 Å². The number of H-pyrrole nitrogens is 1. The van der Waals surface area contributed by atoms with E-state index in [9.17, 15) is 4.39 Å². The number of anilines is 3. The van der Waals surface area contributed by atoms with Crippen LogP contribution < -0.4 is 11.1 Å². The van der Waals surface area contributed by atoms with Crippen LogP contribution in [-0.2, 0) is 0 Å². The Morgan fingerprint density at radius 1 is 1.24 bits per heavy atom. The molecule has 0 saturated heterocycles. The number of benzene rings is 1. The molecule has 3 aromatic rings. The van der Waals surface area contributed by atoms with Crippen LogP contribution in [0.25, 0.3) is 11.4 Å². The van der Waals surface area contributed by atoms with Crippen LogP contribution in [0.2, 0.25) is 0 Å². The molecule has 0 aliphatic heterocycles. The van der Waals surface area contributed by atoms with Crippen molar-refractivity contribution in [2.75, 3.05) is 11.1 Å². The molecule has 0 saturated carbocycles. The van der Waals surface area contributed by atoms with E-state index in [0.29, 0.717) is 22.8 Å². The molecule has 0 bridgehead atoms. The lowest BCUT2D eigenvalue weighted by Gasteiger charge is -2.11. The van der Waals surface area contributed by atoms with Crippen molar-refractivity contribution in [1.82, 2.24) is 20.2 Å². The number of hydrogen-bond donors (Lipinski definition) is 3. The molecule has 1 aromatic carbocycles. The molecule has 106 valence electrons. The molecule has 2 aromatic heterocycles. The van der Waals surface area contributed by atoms with Gasteiger partial charge in [-0.05, 0) is 30.7 Å². The van der Waals surface area contributed by atoms with Crippen LogP contribution in [0, 0.1) is 12.7 Å². The Bertz CT molecular complexity index is 783. The molecule has 0 unspecified atom stereocenters. The molecule has 0 aliphatic carbocycles. The molecule has 3 rings (SSSR count). The summed E-state index contributed by atoms with van der Waals surface area (Å²) in [4.78, 5) is 8.11. The maximum Gasteiger partial charge on any atom is 0.239 e. The maximum atomic E-state index is 13.9. The van der Waals surface area contributed by atoms with Gasteiger partial charge in [-0.15, -0.1) is 5.10 Å². The summed E-state index contributed by atoms with van der Waals surface area (Å²) >= 11 is 0. The zero-order valence-electron chi connectivity index (χ0n) is 11.3. The Kier molecular flexibility index (Phi) is 3.23. The third-order valence-electron chi connectivity index (χ3n) is 2.97. The molecule has 0 aliphatic rings. The first-order valence-electron chi connectivity index (χ1n) is 6.29. The number of halogens is 1. The quantitative estimate of drug-likeness (QED) is 0.687. The second-order valence-electron chi connectivity index (χ2n) is 4.57. The highest BCUT2D eigenvalue weighted by Crippen LogP contribution is 2.28. The molecule has 4 N–H and O–H groups in total. The summed E-state index contributed by atoms with van der Waals surface area (Å²) in [6.07, 6.45) is 3.21. The summed E-state index contributed by atoms with van der Waals surface area (Å²) in [5.74, 6) is 0.307. The van der Waals surface area contributed by atoms with Gasteiger partial charge in [-0.1, -0.05) is 6.07 Å². The van der Waals surface area contributed by atoms with E-state index in [0.717, 1.165) is 5.56 Å². The summed E-state index contributed by atoms with van der Waals surface area (Å²) in [6, 6.07) is 6.71. The largest absolute Gasteiger partial charge is 0.366 e. The molecule has 6 nitrogen and oxygen atoms in total. The molecular formula is C14H13FN6. The molecule has 21 heavy (non-hydrogen) atoms. The summed E-state index contributed by atoms with van der Waals surface area (Å²) in [7, 11) is 0. The van der Waals surface area contributed by atoms with Gasteiger partial charge in [0, 0.05) is 11.8 Å². The summed E-state index contributed by atoms with van der Waals surface area (Å²) in [5, 5.41) is 9.52. The lowest BCUT2D eigenvalue weighted by atomic mass is 10.2. The minimum absolute atomic E-state index is 0.147.